The first-order valence-electron chi connectivity index (χ1n) is 12.8. The molecule has 5 atom stereocenters. The number of hydrogen-bond acceptors (Lipinski definition) is 6. The fraction of sp³-hybridized carbons (Fsp3) is 0.483. The monoisotopic (exact) mass is 507 g/mol. The molecule has 0 spiro atoms. The Morgan fingerprint density at radius 3 is 2.46 bits per heavy atom. The molecule has 3 saturated heterocycles. The number of carbonyl (C=O) groups excluding carboxylic acids is 3. The number of para-hydroxylation sites is 1. The van der Waals surface area contributed by atoms with Crippen molar-refractivity contribution in [1.82, 2.24) is 5.32 Å². The lowest BCUT2D eigenvalue weighted by Gasteiger charge is -2.41. The highest BCUT2D eigenvalue weighted by atomic mass is 16.6. The van der Waals surface area contributed by atoms with Gasteiger partial charge in [-0.3, -0.25) is 4.79 Å². The Morgan fingerprint density at radius 2 is 1.76 bits per heavy atom. The number of piperidine rings is 3. The molecule has 1 N–H and O–H groups in total. The summed E-state index contributed by atoms with van der Waals surface area (Å²) < 4.78 is 17.7. The zero-order valence-electron chi connectivity index (χ0n) is 21.9. The standard InChI is InChI=1S/C29H34N2O6/c1-28(2,3)37-27(34)30-25(19-10-6-5-7-11-19)26(33)36-29-18-31(15-14-21(29)22(29)16-31)17-23(32)20-12-8-9-13-24(20)35-4/h5-13,21-22,25H,14-18H2,1-4H3/p+1/t21?,22?,25?,29-,31?/m1/s1. The molecule has 2 aromatic rings. The van der Waals surface area contributed by atoms with Crippen molar-refractivity contribution >= 4 is 17.8 Å². The van der Waals surface area contributed by atoms with Gasteiger partial charge in [-0.2, -0.15) is 0 Å². The number of rotatable bonds is 8. The number of Topliss-reactive ketones (excluding diaryl/α,β-unsaturated/α-hetero) is 1. The van der Waals surface area contributed by atoms with Crippen LogP contribution in [0.1, 0.15) is 49.2 Å². The molecule has 2 aromatic carbocycles. The van der Waals surface area contributed by atoms with Crippen molar-refractivity contribution in [3.05, 3.63) is 65.7 Å². The van der Waals surface area contributed by atoms with E-state index in [4.69, 9.17) is 14.2 Å². The van der Waals surface area contributed by atoms with Gasteiger partial charge >= 0.3 is 12.1 Å². The zero-order valence-corrected chi connectivity index (χ0v) is 21.9. The number of ketones is 1. The lowest BCUT2D eigenvalue weighted by atomic mass is 10.0. The number of quaternary nitrogens is 1. The average molecular weight is 508 g/mol. The second-order valence-corrected chi connectivity index (χ2v) is 11.6. The van der Waals surface area contributed by atoms with Gasteiger partial charge in [-0.1, -0.05) is 42.5 Å². The molecule has 1 saturated carbocycles. The van der Waals surface area contributed by atoms with Crippen LogP contribution in [-0.4, -0.2) is 66.8 Å². The van der Waals surface area contributed by atoms with E-state index in [1.54, 1.807) is 52.1 Å². The number of esters is 1. The van der Waals surface area contributed by atoms with Gasteiger partial charge in [0.25, 0.3) is 0 Å². The van der Waals surface area contributed by atoms with E-state index in [0.29, 0.717) is 40.4 Å². The molecular weight excluding hydrogens is 472 g/mol. The fourth-order valence-electron chi connectivity index (χ4n) is 6.37. The third-order valence-corrected chi connectivity index (χ3v) is 7.92. The quantitative estimate of drug-likeness (QED) is 0.331. The summed E-state index contributed by atoms with van der Waals surface area (Å²) in [5.74, 6) is 0.643. The molecule has 4 unspecified atom stereocenters. The lowest BCUT2D eigenvalue weighted by molar-refractivity contribution is -0.922. The van der Waals surface area contributed by atoms with Crippen LogP contribution in [0.15, 0.2) is 54.6 Å². The van der Waals surface area contributed by atoms with Crippen molar-refractivity contribution in [1.29, 1.82) is 0 Å². The summed E-state index contributed by atoms with van der Waals surface area (Å²) in [6.45, 7) is 7.98. The maximum absolute atomic E-state index is 13.6. The Balaban J connectivity index is 1.31. The van der Waals surface area contributed by atoms with Crippen molar-refractivity contribution in [2.24, 2.45) is 11.8 Å². The van der Waals surface area contributed by atoms with Crippen LogP contribution in [0.2, 0.25) is 0 Å². The van der Waals surface area contributed by atoms with Gasteiger partial charge in [0.2, 0.25) is 5.78 Å². The molecule has 0 aromatic heterocycles. The van der Waals surface area contributed by atoms with Gasteiger partial charge in [0.1, 0.15) is 24.4 Å². The first kappa shape index (κ1) is 25.3. The van der Waals surface area contributed by atoms with Crippen molar-refractivity contribution in [2.75, 3.05) is 33.3 Å². The third-order valence-electron chi connectivity index (χ3n) is 7.92. The number of nitrogens with one attached hydrogen (secondary N) is 1. The number of amides is 1. The highest BCUT2D eigenvalue weighted by Crippen LogP contribution is 2.65. The van der Waals surface area contributed by atoms with Crippen LogP contribution in [0, 0.1) is 11.8 Å². The predicted octanol–water partition coefficient (Wildman–Crippen LogP) is 3.91. The summed E-state index contributed by atoms with van der Waals surface area (Å²) in [7, 11) is 1.57. The fourth-order valence-corrected chi connectivity index (χ4v) is 6.37. The van der Waals surface area contributed by atoms with Crippen molar-refractivity contribution in [2.45, 2.75) is 44.4 Å². The number of ether oxygens (including phenoxy) is 3. The van der Waals surface area contributed by atoms with E-state index in [0.717, 1.165) is 19.5 Å². The van der Waals surface area contributed by atoms with Crippen LogP contribution in [0.4, 0.5) is 4.79 Å². The van der Waals surface area contributed by atoms with E-state index in [-0.39, 0.29) is 11.7 Å². The number of hydrogen-bond donors (Lipinski definition) is 1. The normalized spacial score (nSPS) is 28.1. The molecule has 37 heavy (non-hydrogen) atoms. The minimum atomic E-state index is -0.982. The molecular formula is C29H35N2O6+. The predicted molar refractivity (Wildman–Crippen MR) is 136 cm³/mol. The van der Waals surface area contributed by atoms with Gasteiger partial charge in [0, 0.05) is 12.3 Å². The van der Waals surface area contributed by atoms with Crippen LogP contribution >= 0.6 is 0 Å². The first-order chi connectivity index (χ1) is 17.6. The number of methoxy groups -OCH3 is 1. The minimum Gasteiger partial charge on any atom is -0.496 e. The molecule has 3 aliphatic heterocycles. The third kappa shape index (κ3) is 4.82. The number of alkyl carbamates (subject to hydrolysis) is 1. The maximum atomic E-state index is 13.6. The van der Waals surface area contributed by atoms with Gasteiger partial charge in [0.05, 0.1) is 31.7 Å². The van der Waals surface area contributed by atoms with Crippen molar-refractivity contribution in [3.63, 3.8) is 0 Å². The van der Waals surface area contributed by atoms with Gasteiger partial charge < -0.3 is 24.0 Å². The Bertz CT molecular complexity index is 1210. The second-order valence-electron chi connectivity index (χ2n) is 11.6. The van der Waals surface area contributed by atoms with E-state index in [1.807, 2.05) is 30.3 Å². The summed E-state index contributed by atoms with van der Waals surface area (Å²) in [5, 5.41) is 2.71. The molecule has 1 amide bonds. The summed E-state index contributed by atoms with van der Waals surface area (Å²) in [4.78, 5) is 39.4. The zero-order chi connectivity index (χ0) is 26.4. The Kier molecular flexibility index (Phi) is 6.26. The van der Waals surface area contributed by atoms with Gasteiger partial charge in [-0.15, -0.1) is 0 Å². The molecule has 3 heterocycles. The number of carbonyl (C=O) groups is 3. The first-order valence-corrected chi connectivity index (χ1v) is 12.8. The molecule has 196 valence electrons. The molecule has 6 rings (SSSR count). The summed E-state index contributed by atoms with van der Waals surface area (Å²) in [5.41, 5.74) is -0.0700. The topological polar surface area (TPSA) is 90.9 Å². The maximum Gasteiger partial charge on any atom is 0.408 e. The number of benzene rings is 2. The number of fused-ring (bicyclic) bond motifs is 1. The molecule has 4 bridgehead atoms. The Hall–Kier alpha value is -3.39. The van der Waals surface area contributed by atoms with Crippen LogP contribution in [-0.2, 0) is 14.3 Å². The molecule has 1 aliphatic carbocycles. The molecule has 8 nitrogen and oxygen atoms in total. The van der Waals surface area contributed by atoms with Gasteiger partial charge in [-0.25, -0.2) is 9.59 Å². The molecule has 4 fully saturated rings. The molecule has 4 aliphatic rings. The van der Waals surface area contributed by atoms with E-state index >= 15 is 0 Å². The van der Waals surface area contributed by atoms with E-state index in [1.165, 1.54) is 0 Å². The van der Waals surface area contributed by atoms with Crippen molar-refractivity contribution < 1.29 is 33.1 Å². The highest BCUT2D eigenvalue weighted by molar-refractivity contribution is 5.99. The lowest BCUT2D eigenvalue weighted by Crippen LogP contribution is -2.57. The molecule has 8 heteroatoms. The van der Waals surface area contributed by atoms with Gasteiger partial charge in [0.15, 0.2) is 11.6 Å². The van der Waals surface area contributed by atoms with Gasteiger partial charge in [-0.05, 0) is 38.5 Å². The summed E-state index contributed by atoms with van der Waals surface area (Å²) >= 11 is 0. The van der Waals surface area contributed by atoms with E-state index in [2.05, 4.69) is 5.32 Å². The second kappa shape index (κ2) is 9.17. The van der Waals surface area contributed by atoms with Crippen LogP contribution in [0.5, 0.6) is 5.75 Å². The van der Waals surface area contributed by atoms with Crippen molar-refractivity contribution in [3.8, 4) is 5.75 Å². The summed E-state index contributed by atoms with van der Waals surface area (Å²) in [6, 6.07) is 15.4. The highest BCUT2D eigenvalue weighted by Gasteiger charge is 2.81. The SMILES string of the molecule is COc1ccccc1C(=O)C[N+]12CCC3C(C1)[C@@]3(OC(=O)C(NC(=O)OC(C)(C)C)c1ccccc1)C2. The van der Waals surface area contributed by atoms with Crippen LogP contribution < -0.4 is 10.1 Å². The number of nitrogens with zero attached hydrogens (tertiary/aromatic N) is 1. The average Bonchev–Trinajstić information content (AvgIpc) is 3.35. The van der Waals surface area contributed by atoms with E-state index < -0.39 is 29.3 Å². The largest absolute Gasteiger partial charge is 0.496 e. The smallest absolute Gasteiger partial charge is 0.408 e. The Labute approximate surface area is 217 Å². The minimum absolute atomic E-state index is 0.0347. The Morgan fingerprint density at radius 1 is 1.05 bits per heavy atom. The molecule has 0 radical (unpaired) electrons. The summed E-state index contributed by atoms with van der Waals surface area (Å²) in [6.07, 6.45) is 0.234. The van der Waals surface area contributed by atoms with E-state index in [9.17, 15) is 14.4 Å². The van der Waals surface area contributed by atoms with Crippen LogP contribution in [0.25, 0.3) is 0 Å². The van der Waals surface area contributed by atoms with Crippen LogP contribution in [0.3, 0.4) is 0 Å².